The summed E-state index contributed by atoms with van der Waals surface area (Å²) in [7, 11) is 1.59. The number of nitrogens with two attached hydrogens (primary N) is 1. The third-order valence-corrected chi connectivity index (χ3v) is 3.67. The third kappa shape index (κ3) is 2.52. The zero-order chi connectivity index (χ0) is 13.2. The molecule has 5 atom stereocenters. The van der Waals surface area contributed by atoms with Crippen LogP contribution >= 0.6 is 0 Å². The molecule has 5 heteroatoms. The van der Waals surface area contributed by atoms with Crippen molar-refractivity contribution in [2.24, 2.45) is 5.73 Å². The van der Waals surface area contributed by atoms with Gasteiger partial charge in [0.25, 0.3) is 0 Å². The predicted octanol–water partition coefficient (Wildman–Crippen LogP) is 0.669. The minimum absolute atomic E-state index is 0.0867. The highest BCUT2D eigenvalue weighted by Gasteiger charge is 2.51. The standard InChI is InChI=1S/C14H19NO4/c1-16-14-11(15)13-12(19-14)10(8-18-13)17-7-9-5-3-2-4-6-9/h2-6,10-14H,7-8,15H2,1H3/t10-,11+,12-,13-,14-/m1/s1. The van der Waals surface area contributed by atoms with Gasteiger partial charge in [0.2, 0.25) is 0 Å². The third-order valence-electron chi connectivity index (χ3n) is 3.67. The summed E-state index contributed by atoms with van der Waals surface area (Å²) in [5.74, 6) is 0. The van der Waals surface area contributed by atoms with E-state index in [-0.39, 0.29) is 24.4 Å². The second-order valence-electron chi connectivity index (χ2n) is 4.92. The normalized spacial score (nSPS) is 37.5. The SMILES string of the molecule is CO[C@@H]1O[C@H]2[C@H](OC[C@H]2OCc2ccccc2)[C@@H]1N. The van der Waals surface area contributed by atoms with Gasteiger partial charge < -0.3 is 24.7 Å². The van der Waals surface area contributed by atoms with E-state index in [1.165, 1.54) is 0 Å². The smallest absolute Gasteiger partial charge is 0.175 e. The van der Waals surface area contributed by atoms with E-state index in [9.17, 15) is 0 Å². The van der Waals surface area contributed by atoms with Crippen molar-refractivity contribution in [3.63, 3.8) is 0 Å². The molecule has 104 valence electrons. The van der Waals surface area contributed by atoms with E-state index >= 15 is 0 Å². The first-order valence-corrected chi connectivity index (χ1v) is 6.50. The Hall–Kier alpha value is -0.980. The molecule has 2 aliphatic rings. The number of rotatable bonds is 4. The van der Waals surface area contributed by atoms with Crippen LogP contribution in [0, 0.1) is 0 Å². The number of hydrogen-bond donors (Lipinski definition) is 1. The van der Waals surface area contributed by atoms with Crippen molar-refractivity contribution in [1.29, 1.82) is 0 Å². The summed E-state index contributed by atoms with van der Waals surface area (Å²) >= 11 is 0. The zero-order valence-electron chi connectivity index (χ0n) is 10.9. The lowest BCUT2D eigenvalue weighted by Gasteiger charge is -2.18. The van der Waals surface area contributed by atoms with Gasteiger partial charge >= 0.3 is 0 Å². The Balaban J connectivity index is 1.58. The van der Waals surface area contributed by atoms with Gasteiger partial charge in [-0.2, -0.15) is 0 Å². The van der Waals surface area contributed by atoms with Gasteiger partial charge in [0.1, 0.15) is 18.3 Å². The lowest BCUT2D eigenvalue weighted by atomic mass is 10.1. The molecule has 0 unspecified atom stereocenters. The molecule has 0 spiro atoms. The quantitative estimate of drug-likeness (QED) is 0.867. The largest absolute Gasteiger partial charge is 0.371 e. The highest BCUT2D eigenvalue weighted by atomic mass is 16.7. The average Bonchev–Trinajstić information content (AvgIpc) is 2.98. The molecule has 0 saturated carbocycles. The average molecular weight is 265 g/mol. The summed E-state index contributed by atoms with van der Waals surface area (Å²) in [4.78, 5) is 0. The molecular formula is C14H19NO4. The maximum Gasteiger partial charge on any atom is 0.175 e. The van der Waals surface area contributed by atoms with E-state index in [1.54, 1.807) is 7.11 Å². The van der Waals surface area contributed by atoms with Gasteiger partial charge in [-0.25, -0.2) is 0 Å². The maximum atomic E-state index is 6.01. The van der Waals surface area contributed by atoms with Gasteiger partial charge in [-0.15, -0.1) is 0 Å². The molecule has 0 radical (unpaired) electrons. The Labute approximate surface area is 112 Å². The summed E-state index contributed by atoms with van der Waals surface area (Å²) in [6.45, 7) is 1.07. The Kier molecular flexibility index (Phi) is 3.81. The van der Waals surface area contributed by atoms with Gasteiger partial charge in [-0.3, -0.25) is 0 Å². The molecule has 0 aliphatic carbocycles. The molecule has 0 aromatic heterocycles. The molecule has 2 heterocycles. The molecule has 0 bridgehead atoms. The fourth-order valence-corrected chi connectivity index (χ4v) is 2.64. The first kappa shape index (κ1) is 13.0. The first-order chi connectivity index (χ1) is 9.29. The van der Waals surface area contributed by atoms with E-state index in [1.807, 2.05) is 30.3 Å². The van der Waals surface area contributed by atoms with Crippen molar-refractivity contribution in [2.75, 3.05) is 13.7 Å². The predicted molar refractivity (Wildman–Crippen MR) is 68.4 cm³/mol. The fourth-order valence-electron chi connectivity index (χ4n) is 2.64. The van der Waals surface area contributed by atoms with Crippen molar-refractivity contribution >= 4 is 0 Å². The van der Waals surface area contributed by atoms with Crippen LogP contribution in [0.4, 0.5) is 0 Å². The molecule has 1 aromatic carbocycles. The lowest BCUT2D eigenvalue weighted by molar-refractivity contribution is -0.149. The summed E-state index contributed by atoms with van der Waals surface area (Å²) in [6.07, 6.45) is -0.760. The minimum atomic E-state index is -0.405. The topological polar surface area (TPSA) is 62.9 Å². The van der Waals surface area contributed by atoms with Crippen molar-refractivity contribution in [3.05, 3.63) is 35.9 Å². The van der Waals surface area contributed by atoms with Crippen LogP contribution in [0.1, 0.15) is 5.56 Å². The molecule has 2 fully saturated rings. The molecule has 3 rings (SSSR count). The number of ether oxygens (including phenoxy) is 4. The molecule has 1 aromatic rings. The van der Waals surface area contributed by atoms with Crippen molar-refractivity contribution in [1.82, 2.24) is 0 Å². The van der Waals surface area contributed by atoms with Crippen molar-refractivity contribution in [2.45, 2.75) is 37.3 Å². The Bertz CT molecular complexity index is 413. The summed E-state index contributed by atoms with van der Waals surface area (Å²) in [5, 5.41) is 0. The van der Waals surface area contributed by atoms with Crippen LogP contribution in [0.2, 0.25) is 0 Å². The van der Waals surface area contributed by atoms with Gasteiger partial charge in [0.15, 0.2) is 6.29 Å². The Morgan fingerprint density at radius 3 is 2.79 bits per heavy atom. The maximum absolute atomic E-state index is 6.01. The molecule has 19 heavy (non-hydrogen) atoms. The van der Waals surface area contributed by atoms with E-state index in [4.69, 9.17) is 24.7 Å². The molecule has 2 N–H and O–H groups in total. The molecule has 2 aliphatic heterocycles. The fraction of sp³-hybridized carbons (Fsp3) is 0.571. The number of methoxy groups -OCH3 is 1. The Morgan fingerprint density at radius 2 is 2.05 bits per heavy atom. The molecule has 2 saturated heterocycles. The highest BCUT2D eigenvalue weighted by molar-refractivity contribution is 5.13. The monoisotopic (exact) mass is 265 g/mol. The first-order valence-electron chi connectivity index (χ1n) is 6.50. The van der Waals surface area contributed by atoms with Gasteiger partial charge in [0, 0.05) is 7.11 Å². The molecular weight excluding hydrogens is 246 g/mol. The second kappa shape index (κ2) is 5.56. The number of fused-ring (bicyclic) bond motifs is 1. The highest BCUT2D eigenvalue weighted by Crippen LogP contribution is 2.32. The van der Waals surface area contributed by atoms with Crippen LogP contribution in [0.3, 0.4) is 0 Å². The minimum Gasteiger partial charge on any atom is -0.371 e. The number of hydrogen-bond acceptors (Lipinski definition) is 5. The summed E-state index contributed by atoms with van der Waals surface area (Å²) in [5.41, 5.74) is 7.15. The van der Waals surface area contributed by atoms with Crippen LogP contribution in [0.15, 0.2) is 30.3 Å². The van der Waals surface area contributed by atoms with E-state index < -0.39 is 6.29 Å². The van der Waals surface area contributed by atoms with Crippen molar-refractivity contribution < 1.29 is 18.9 Å². The van der Waals surface area contributed by atoms with Crippen LogP contribution in [-0.2, 0) is 25.6 Å². The number of benzene rings is 1. The zero-order valence-corrected chi connectivity index (χ0v) is 10.9. The van der Waals surface area contributed by atoms with Crippen LogP contribution in [0.25, 0.3) is 0 Å². The Morgan fingerprint density at radius 1 is 1.26 bits per heavy atom. The second-order valence-corrected chi connectivity index (χ2v) is 4.92. The van der Waals surface area contributed by atoms with E-state index in [0.29, 0.717) is 13.2 Å². The van der Waals surface area contributed by atoms with Crippen LogP contribution in [0.5, 0.6) is 0 Å². The van der Waals surface area contributed by atoms with E-state index in [2.05, 4.69) is 0 Å². The van der Waals surface area contributed by atoms with Gasteiger partial charge in [0.05, 0.1) is 19.3 Å². The lowest BCUT2D eigenvalue weighted by Crippen LogP contribution is -2.41. The van der Waals surface area contributed by atoms with E-state index in [0.717, 1.165) is 5.56 Å². The molecule has 0 amide bonds. The van der Waals surface area contributed by atoms with Gasteiger partial charge in [-0.05, 0) is 5.56 Å². The molecule has 5 nitrogen and oxygen atoms in total. The van der Waals surface area contributed by atoms with Crippen LogP contribution < -0.4 is 5.73 Å². The van der Waals surface area contributed by atoms with Gasteiger partial charge in [-0.1, -0.05) is 30.3 Å². The summed E-state index contributed by atoms with van der Waals surface area (Å²) < 4.78 is 22.5. The van der Waals surface area contributed by atoms with Crippen LogP contribution in [-0.4, -0.2) is 44.4 Å². The summed E-state index contributed by atoms with van der Waals surface area (Å²) in [6, 6.07) is 9.80. The van der Waals surface area contributed by atoms with Crippen molar-refractivity contribution in [3.8, 4) is 0 Å².